The van der Waals surface area contributed by atoms with Gasteiger partial charge < -0.3 is 15.1 Å². The Bertz CT molecular complexity index is 847. The van der Waals surface area contributed by atoms with Gasteiger partial charge >= 0.3 is 0 Å². The summed E-state index contributed by atoms with van der Waals surface area (Å²) in [5.41, 5.74) is 2.32. The molecule has 2 aromatic rings. The second-order valence-electron chi connectivity index (χ2n) is 7.41. The number of carbonyl (C=O) groups excluding carboxylic acids is 2. The molecular formula is C24H31N3O2S. The van der Waals surface area contributed by atoms with E-state index in [0.717, 1.165) is 36.5 Å². The number of benzene rings is 2. The Labute approximate surface area is 183 Å². The molecule has 3 rings (SSSR count). The lowest BCUT2D eigenvalue weighted by Gasteiger charge is -2.31. The van der Waals surface area contributed by atoms with E-state index >= 15 is 0 Å². The molecule has 0 aliphatic carbocycles. The van der Waals surface area contributed by atoms with Gasteiger partial charge in [0, 0.05) is 42.4 Å². The molecule has 0 saturated carbocycles. The van der Waals surface area contributed by atoms with Crippen LogP contribution in [0.2, 0.25) is 0 Å². The van der Waals surface area contributed by atoms with Crippen LogP contribution in [0.3, 0.4) is 0 Å². The van der Waals surface area contributed by atoms with Gasteiger partial charge in [-0.1, -0.05) is 18.2 Å². The van der Waals surface area contributed by atoms with E-state index in [2.05, 4.69) is 10.2 Å². The summed E-state index contributed by atoms with van der Waals surface area (Å²) < 4.78 is 0. The monoisotopic (exact) mass is 425 g/mol. The highest BCUT2D eigenvalue weighted by molar-refractivity contribution is 8.00. The van der Waals surface area contributed by atoms with Gasteiger partial charge in [-0.25, -0.2) is 0 Å². The lowest BCUT2D eigenvalue weighted by molar-refractivity contribution is -0.113. The average Bonchev–Trinajstić information content (AvgIpc) is 2.79. The van der Waals surface area contributed by atoms with Crippen molar-refractivity contribution < 1.29 is 9.59 Å². The van der Waals surface area contributed by atoms with Crippen molar-refractivity contribution in [2.75, 3.05) is 42.1 Å². The summed E-state index contributed by atoms with van der Waals surface area (Å²) in [6, 6.07) is 15.6. The summed E-state index contributed by atoms with van der Waals surface area (Å²) in [4.78, 5) is 30.9. The lowest BCUT2D eigenvalue weighted by Crippen LogP contribution is -2.35. The Morgan fingerprint density at radius 3 is 2.37 bits per heavy atom. The summed E-state index contributed by atoms with van der Waals surface area (Å²) in [7, 11) is 0. The zero-order chi connectivity index (χ0) is 21.3. The van der Waals surface area contributed by atoms with Crippen LogP contribution in [0, 0.1) is 0 Å². The van der Waals surface area contributed by atoms with Crippen molar-refractivity contribution in [3.8, 4) is 0 Å². The number of anilines is 2. The van der Waals surface area contributed by atoms with Crippen molar-refractivity contribution in [3.63, 3.8) is 0 Å². The Hall–Kier alpha value is -2.47. The molecule has 1 aliphatic heterocycles. The Balaban J connectivity index is 1.77. The lowest BCUT2D eigenvalue weighted by atomic mass is 10.1. The summed E-state index contributed by atoms with van der Waals surface area (Å²) >= 11 is 1.50. The number of piperidine rings is 1. The molecule has 1 fully saturated rings. The first-order valence-corrected chi connectivity index (χ1v) is 11.8. The van der Waals surface area contributed by atoms with Crippen molar-refractivity contribution in [1.82, 2.24) is 4.90 Å². The predicted molar refractivity (Wildman–Crippen MR) is 126 cm³/mol. The molecule has 1 heterocycles. The fourth-order valence-corrected chi connectivity index (χ4v) is 4.46. The van der Waals surface area contributed by atoms with Gasteiger partial charge in [0.1, 0.15) is 0 Å². The van der Waals surface area contributed by atoms with Crippen LogP contribution >= 0.6 is 11.8 Å². The van der Waals surface area contributed by atoms with Crippen LogP contribution in [-0.4, -0.2) is 48.6 Å². The molecule has 0 radical (unpaired) electrons. The smallest absolute Gasteiger partial charge is 0.256 e. The zero-order valence-corrected chi connectivity index (χ0v) is 18.7. The number of hydrogen-bond acceptors (Lipinski definition) is 4. The molecular weight excluding hydrogens is 394 g/mol. The fourth-order valence-electron chi connectivity index (χ4n) is 3.74. The number of nitrogens with zero attached hydrogens (tertiary/aromatic N) is 2. The molecule has 1 aliphatic rings. The van der Waals surface area contributed by atoms with E-state index in [1.165, 1.54) is 18.2 Å². The molecule has 0 spiro atoms. The van der Waals surface area contributed by atoms with E-state index in [-0.39, 0.29) is 11.8 Å². The molecule has 1 N–H and O–H groups in total. The minimum absolute atomic E-state index is 0.0235. The summed E-state index contributed by atoms with van der Waals surface area (Å²) in [6.45, 7) is 7.26. The maximum atomic E-state index is 13.2. The van der Waals surface area contributed by atoms with E-state index in [0.29, 0.717) is 30.1 Å². The zero-order valence-electron chi connectivity index (χ0n) is 17.9. The van der Waals surface area contributed by atoms with E-state index in [1.807, 2.05) is 67.3 Å². The van der Waals surface area contributed by atoms with Gasteiger partial charge in [-0.2, -0.15) is 0 Å². The van der Waals surface area contributed by atoms with Crippen LogP contribution in [0.15, 0.2) is 53.4 Å². The van der Waals surface area contributed by atoms with Crippen LogP contribution < -0.4 is 10.2 Å². The highest BCUT2D eigenvalue weighted by atomic mass is 32.2. The molecule has 2 amide bonds. The Kier molecular flexibility index (Phi) is 8.20. The highest BCUT2D eigenvalue weighted by Gasteiger charge is 2.22. The van der Waals surface area contributed by atoms with E-state index in [1.54, 1.807) is 0 Å². The predicted octanol–water partition coefficient (Wildman–Crippen LogP) is 4.89. The molecule has 1 saturated heterocycles. The molecule has 0 unspecified atom stereocenters. The third-order valence-corrected chi connectivity index (χ3v) is 6.38. The first-order chi connectivity index (χ1) is 14.6. The number of rotatable bonds is 8. The molecule has 5 nitrogen and oxygen atoms in total. The highest BCUT2D eigenvalue weighted by Crippen LogP contribution is 2.28. The maximum Gasteiger partial charge on any atom is 0.256 e. The molecule has 0 atom stereocenters. The third kappa shape index (κ3) is 5.79. The first-order valence-electron chi connectivity index (χ1n) is 10.8. The van der Waals surface area contributed by atoms with Crippen LogP contribution in [0.1, 0.15) is 43.5 Å². The van der Waals surface area contributed by atoms with Crippen LogP contribution in [-0.2, 0) is 4.79 Å². The van der Waals surface area contributed by atoms with Gasteiger partial charge in [0.25, 0.3) is 5.91 Å². The molecule has 2 aromatic carbocycles. The van der Waals surface area contributed by atoms with E-state index in [9.17, 15) is 9.59 Å². The molecule has 6 heteroatoms. The number of carbonyl (C=O) groups is 2. The van der Waals surface area contributed by atoms with Crippen molar-refractivity contribution in [3.05, 3.63) is 54.1 Å². The largest absolute Gasteiger partial charge is 0.371 e. The van der Waals surface area contributed by atoms with E-state index in [4.69, 9.17) is 0 Å². The van der Waals surface area contributed by atoms with Crippen molar-refractivity contribution >= 4 is 35.0 Å². The van der Waals surface area contributed by atoms with Crippen molar-refractivity contribution in [2.45, 2.75) is 38.0 Å². The Morgan fingerprint density at radius 2 is 1.70 bits per heavy atom. The first kappa shape index (κ1) is 22.2. The SMILES string of the molecule is CCN(CC)C(=O)c1cc(NC(=O)CSc2ccccc2)ccc1N1CCCCC1. The number of nitrogens with one attached hydrogen (secondary N) is 1. The van der Waals surface area contributed by atoms with Crippen LogP contribution in [0.5, 0.6) is 0 Å². The normalized spacial score (nSPS) is 13.7. The van der Waals surface area contributed by atoms with E-state index < -0.39 is 0 Å². The van der Waals surface area contributed by atoms with Gasteiger partial charge in [-0.15, -0.1) is 11.8 Å². The summed E-state index contributed by atoms with van der Waals surface area (Å²) in [5.74, 6) is 0.281. The van der Waals surface area contributed by atoms with Crippen LogP contribution in [0.4, 0.5) is 11.4 Å². The topological polar surface area (TPSA) is 52.7 Å². The third-order valence-electron chi connectivity index (χ3n) is 5.37. The second kappa shape index (κ2) is 11.1. The van der Waals surface area contributed by atoms with Gasteiger partial charge in [0.15, 0.2) is 0 Å². The fraction of sp³-hybridized carbons (Fsp3) is 0.417. The summed E-state index contributed by atoms with van der Waals surface area (Å²) in [6.07, 6.45) is 3.53. The van der Waals surface area contributed by atoms with Crippen LogP contribution in [0.25, 0.3) is 0 Å². The maximum absolute atomic E-state index is 13.2. The van der Waals surface area contributed by atoms with Gasteiger partial charge in [0.2, 0.25) is 5.91 Å². The molecule has 30 heavy (non-hydrogen) atoms. The standard InChI is InChI=1S/C24H31N3O2S/c1-3-26(4-2)24(29)21-17-19(13-14-22(21)27-15-9-6-10-16-27)25-23(28)18-30-20-11-7-5-8-12-20/h5,7-8,11-14,17H,3-4,6,9-10,15-16,18H2,1-2H3,(H,25,28). The average molecular weight is 426 g/mol. The van der Waals surface area contributed by atoms with Gasteiger partial charge in [-0.05, 0) is 63.4 Å². The van der Waals surface area contributed by atoms with Crippen molar-refractivity contribution in [2.24, 2.45) is 0 Å². The molecule has 160 valence electrons. The quantitative estimate of drug-likeness (QED) is 0.612. The molecule has 0 bridgehead atoms. The number of amides is 2. The summed E-state index contributed by atoms with van der Waals surface area (Å²) in [5, 5.41) is 2.96. The second-order valence-corrected chi connectivity index (χ2v) is 8.46. The number of thioether (sulfide) groups is 1. The van der Waals surface area contributed by atoms with Crippen molar-refractivity contribution in [1.29, 1.82) is 0 Å². The van der Waals surface area contributed by atoms with Gasteiger partial charge in [0.05, 0.1) is 11.3 Å². The minimum atomic E-state index is -0.0733. The van der Waals surface area contributed by atoms with Gasteiger partial charge in [-0.3, -0.25) is 9.59 Å². The Morgan fingerprint density at radius 1 is 1.00 bits per heavy atom. The minimum Gasteiger partial charge on any atom is -0.371 e. The molecule has 0 aromatic heterocycles. The number of hydrogen-bond donors (Lipinski definition) is 1.